The number of sulfonamides is 1. The number of alkyl carbamates (subject to hydrolysis) is 1. The van der Waals surface area contributed by atoms with Crippen molar-refractivity contribution in [3.8, 4) is 11.1 Å². The van der Waals surface area contributed by atoms with Crippen molar-refractivity contribution in [1.82, 2.24) is 15.3 Å². The van der Waals surface area contributed by atoms with Crippen molar-refractivity contribution >= 4 is 50.3 Å². The topological polar surface area (TPSA) is 122 Å². The second kappa shape index (κ2) is 13.2. The number of nitrogens with one attached hydrogen (secondary N) is 3. The monoisotopic (exact) mass is 649 g/mol. The number of fused-ring (bicyclic) bond motifs is 1. The number of nitrogens with zero attached hydrogens (tertiary/aromatic N) is 2. The summed E-state index contributed by atoms with van der Waals surface area (Å²) in [4.78, 5) is 21.8. The Hall–Kier alpha value is -3.89. The highest BCUT2D eigenvalue weighted by Crippen LogP contribution is 2.32. The summed E-state index contributed by atoms with van der Waals surface area (Å²) in [6, 6.07) is 16.3. The van der Waals surface area contributed by atoms with Crippen molar-refractivity contribution in [2.24, 2.45) is 0 Å². The zero-order valence-corrected chi connectivity index (χ0v) is 27.8. The van der Waals surface area contributed by atoms with E-state index in [0.29, 0.717) is 16.7 Å². The lowest BCUT2D eigenvalue weighted by atomic mass is 9.91. The van der Waals surface area contributed by atoms with E-state index in [0.717, 1.165) is 65.3 Å². The second-order valence-corrected chi connectivity index (χ2v) is 14.6. The van der Waals surface area contributed by atoms with Crippen LogP contribution in [0, 0.1) is 6.92 Å². The molecular weight excluding hydrogens is 610 g/mol. The van der Waals surface area contributed by atoms with Crippen LogP contribution in [-0.4, -0.2) is 42.2 Å². The first kappa shape index (κ1) is 32.5. The third-order valence-corrected chi connectivity index (χ3v) is 9.55. The van der Waals surface area contributed by atoms with E-state index in [1.807, 2.05) is 46.0 Å². The molecule has 0 bridgehead atoms. The molecule has 1 amide bonds. The van der Waals surface area contributed by atoms with Crippen molar-refractivity contribution in [1.29, 1.82) is 0 Å². The number of anilines is 2. The molecule has 1 saturated carbocycles. The molecule has 0 saturated heterocycles. The first-order valence-corrected chi connectivity index (χ1v) is 17.1. The van der Waals surface area contributed by atoms with E-state index < -0.39 is 15.6 Å². The molecule has 45 heavy (non-hydrogen) atoms. The van der Waals surface area contributed by atoms with Crippen LogP contribution in [-0.2, 0) is 21.2 Å². The number of ether oxygens (including phenoxy) is 1. The lowest BCUT2D eigenvalue weighted by Crippen LogP contribution is -2.42. The maximum atomic E-state index is 13.1. The van der Waals surface area contributed by atoms with Gasteiger partial charge < -0.3 is 15.4 Å². The molecule has 1 aliphatic rings. The molecular formula is C34H40ClN5O4S. The Balaban J connectivity index is 1.29. The fourth-order valence-electron chi connectivity index (χ4n) is 5.63. The summed E-state index contributed by atoms with van der Waals surface area (Å²) in [5.74, 6) is 0.588. The van der Waals surface area contributed by atoms with Crippen molar-refractivity contribution in [2.45, 2.75) is 89.3 Å². The second-order valence-electron chi connectivity index (χ2n) is 12.5. The maximum absolute atomic E-state index is 13.1. The molecule has 0 atom stereocenters. The summed E-state index contributed by atoms with van der Waals surface area (Å²) in [5, 5.41) is 7.73. The minimum atomic E-state index is -3.82. The first-order chi connectivity index (χ1) is 21.3. The van der Waals surface area contributed by atoms with Gasteiger partial charge in [-0.2, -0.15) is 0 Å². The van der Waals surface area contributed by atoms with Crippen LogP contribution in [0.1, 0.15) is 64.5 Å². The maximum Gasteiger partial charge on any atom is 0.407 e. The molecule has 1 aliphatic carbocycles. The minimum absolute atomic E-state index is 0.0942. The largest absolute Gasteiger partial charge is 0.444 e. The standard InChI is InChI=1S/C34H40ClN5O4S/c1-6-22-18-23(28-16-15-27(17-21(28)2)45(42,43)40-30-10-8-7-9-29(30)35)19-24-20-36-32(39-31(22)24)37-25-11-13-26(14-12-25)38-33(41)44-34(3,4)5/h7-10,15-20,25-26,40H,6,11-14H2,1-5H3,(H,38,41)(H,36,37,39). The van der Waals surface area contributed by atoms with E-state index in [9.17, 15) is 13.2 Å². The van der Waals surface area contributed by atoms with Gasteiger partial charge in [-0.05, 0) is 118 Å². The molecule has 3 N–H and O–H groups in total. The molecule has 238 valence electrons. The average Bonchev–Trinajstić information content (AvgIpc) is 2.97. The van der Waals surface area contributed by atoms with Crippen molar-refractivity contribution in [3.05, 3.63) is 76.9 Å². The molecule has 0 radical (unpaired) electrons. The normalized spacial score (nSPS) is 17.1. The van der Waals surface area contributed by atoms with E-state index >= 15 is 0 Å². The van der Waals surface area contributed by atoms with Crippen LogP contribution in [0.15, 0.2) is 65.7 Å². The fourth-order valence-corrected chi connectivity index (χ4v) is 7.03. The van der Waals surface area contributed by atoms with Crippen LogP contribution in [0.3, 0.4) is 0 Å². The van der Waals surface area contributed by atoms with Crippen LogP contribution in [0.4, 0.5) is 16.4 Å². The molecule has 0 aliphatic heterocycles. The van der Waals surface area contributed by atoms with Crippen molar-refractivity contribution < 1.29 is 17.9 Å². The predicted octanol–water partition coefficient (Wildman–Crippen LogP) is 7.87. The lowest BCUT2D eigenvalue weighted by molar-refractivity contribution is 0.0492. The van der Waals surface area contributed by atoms with Crippen LogP contribution in [0.25, 0.3) is 22.0 Å². The van der Waals surface area contributed by atoms with E-state index in [1.165, 1.54) is 0 Å². The third-order valence-electron chi connectivity index (χ3n) is 7.86. The van der Waals surface area contributed by atoms with Gasteiger partial charge in [-0.3, -0.25) is 4.72 Å². The Kier molecular flexibility index (Phi) is 9.55. The number of aryl methyl sites for hydroxylation is 2. The van der Waals surface area contributed by atoms with E-state index in [4.69, 9.17) is 21.3 Å². The summed E-state index contributed by atoms with van der Waals surface area (Å²) >= 11 is 6.17. The predicted molar refractivity (Wildman–Crippen MR) is 180 cm³/mol. The molecule has 11 heteroatoms. The Morgan fingerprint density at radius 1 is 1.02 bits per heavy atom. The highest BCUT2D eigenvalue weighted by atomic mass is 35.5. The number of benzene rings is 3. The number of carbonyl (C=O) groups is 1. The van der Waals surface area contributed by atoms with Gasteiger partial charge in [0.2, 0.25) is 5.95 Å². The number of amides is 1. The number of rotatable bonds is 8. The van der Waals surface area contributed by atoms with Gasteiger partial charge in [-0.1, -0.05) is 36.7 Å². The van der Waals surface area contributed by atoms with E-state index in [1.54, 1.807) is 36.4 Å². The average molecular weight is 650 g/mol. The molecule has 1 fully saturated rings. The van der Waals surface area contributed by atoms with Gasteiger partial charge in [0.1, 0.15) is 5.60 Å². The molecule has 9 nitrogen and oxygen atoms in total. The Labute approximate surface area is 270 Å². The van der Waals surface area contributed by atoms with E-state index in [-0.39, 0.29) is 23.1 Å². The lowest BCUT2D eigenvalue weighted by Gasteiger charge is -2.30. The van der Waals surface area contributed by atoms with Gasteiger partial charge in [0, 0.05) is 23.7 Å². The van der Waals surface area contributed by atoms with Gasteiger partial charge >= 0.3 is 6.09 Å². The van der Waals surface area contributed by atoms with Crippen LogP contribution < -0.4 is 15.4 Å². The molecule has 5 rings (SSSR count). The quantitative estimate of drug-likeness (QED) is 0.177. The van der Waals surface area contributed by atoms with Crippen molar-refractivity contribution in [3.63, 3.8) is 0 Å². The number of halogens is 1. The summed E-state index contributed by atoms with van der Waals surface area (Å²) in [6.45, 7) is 9.57. The van der Waals surface area contributed by atoms with Crippen LogP contribution in [0.5, 0.6) is 0 Å². The number of aromatic nitrogens is 2. The molecule has 1 aromatic heterocycles. The summed E-state index contributed by atoms with van der Waals surface area (Å²) in [5.41, 5.74) is 4.52. The number of carbonyl (C=O) groups excluding carboxylic acids is 1. The molecule has 3 aromatic carbocycles. The highest BCUT2D eigenvalue weighted by molar-refractivity contribution is 7.92. The summed E-state index contributed by atoms with van der Waals surface area (Å²) in [7, 11) is -3.82. The molecule has 0 spiro atoms. The number of hydrogen-bond donors (Lipinski definition) is 3. The van der Waals surface area contributed by atoms with Crippen molar-refractivity contribution in [2.75, 3.05) is 10.0 Å². The zero-order chi connectivity index (χ0) is 32.4. The van der Waals surface area contributed by atoms with Gasteiger partial charge in [-0.25, -0.2) is 23.2 Å². The third kappa shape index (κ3) is 8.04. The Morgan fingerprint density at radius 2 is 1.73 bits per heavy atom. The Bertz CT molecular complexity index is 1820. The summed E-state index contributed by atoms with van der Waals surface area (Å²) < 4.78 is 34.2. The first-order valence-electron chi connectivity index (χ1n) is 15.3. The number of para-hydroxylation sites is 1. The molecule has 4 aromatic rings. The minimum Gasteiger partial charge on any atom is -0.444 e. The van der Waals surface area contributed by atoms with Gasteiger partial charge in [-0.15, -0.1) is 0 Å². The number of hydrogen-bond acceptors (Lipinski definition) is 7. The fraction of sp³-hybridized carbons (Fsp3) is 0.382. The van der Waals surface area contributed by atoms with Crippen LogP contribution in [0.2, 0.25) is 5.02 Å². The molecule has 0 unspecified atom stereocenters. The highest BCUT2D eigenvalue weighted by Gasteiger charge is 2.25. The smallest absolute Gasteiger partial charge is 0.407 e. The van der Waals surface area contributed by atoms with Crippen LogP contribution >= 0.6 is 11.6 Å². The van der Waals surface area contributed by atoms with Gasteiger partial charge in [0.15, 0.2) is 0 Å². The summed E-state index contributed by atoms with van der Waals surface area (Å²) in [6.07, 6.45) is 5.72. The Morgan fingerprint density at radius 3 is 2.40 bits per heavy atom. The van der Waals surface area contributed by atoms with Gasteiger partial charge in [0.05, 0.1) is 21.1 Å². The van der Waals surface area contributed by atoms with E-state index in [2.05, 4.69) is 33.3 Å². The SMILES string of the molecule is CCc1cc(-c2ccc(S(=O)(=O)Nc3ccccc3Cl)cc2C)cc2cnc(NC3CCC(NC(=O)OC(C)(C)C)CC3)nc12. The molecule has 1 heterocycles. The zero-order valence-electron chi connectivity index (χ0n) is 26.3. The van der Waals surface area contributed by atoms with Gasteiger partial charge in [0.25, 0.3) is 10.0 Å².